The summed E-state index contributed by atoms with van der Waals surface area (Å²) in [5.41, 5.74) is 10.4. The third-order valence-electron chi connectivity index (χ3n) is 19.6. The van der Waals surface area contributed by atoms with E-state index in [0.717, 1.165) is 76.1 Å². The molecule has 94 heavy (non-hydrogen) atoms. The fraction of sp³-hybridized carbons (Fsp3) is 0.286. The van der Waals surface area contributed by atoms with E-state index in [0.29, 0.717) is 101 Å². The van der Waals surface area contributed by atoms with Crippen molar-refractivity contribution >= 4 is 101 Å². The molecule has 3 heterocycles. The number of benzene rings is 11. The summed E-state index contributed by atoms with van der Waals surface area (Å²) in [4.78, 5) is 69.8. The van der Waals surface area contributed by atoms with Gasteiger partial charge in [0, 0.05) is 65.5 Å². The van der Waals surface area contributed by atoms with Crippen LogP contribution in [-0.4, -0.2) is 35.1 Å². The Balaban J connectivity index is 0.967. The van der Waals surface area contributed by atoms with Gasteiger partial charge in [-0.15, -0.1) is 0 Å². The summed E-state index contributed by atoms with van der Waals surface area (Å²) in [6.07, 6.45) is 3.74. The van der Waals surface area contributed by atoms with Crippen molar-refractivity contribution in [2.75, 3.05) is 16.3 Å². The summed E-state index contributed by atoms with van der Waals surface area (Å²) in [6.45, 7) is 30.9. The number of carbonyl (C=O) groups excluding carboxylic acids is 4. The molecule has 1 unspecified atom stereocenters. The van der Waals surface area contributed by atoms with Gasteiger partial charge in [0.1, 0.15) is 23.0 Å². The molecule has 0 saturated carbocycles. The van der Waals surface area contributed by atoms with E-state index >= 15 is 19.2 Å². The quantitative estimate of drug-likeness (QED) is 0.0640. The molecule has 10 heteroatoms. The van der Waals surface area contributed by atoms with Crippen LogP contribution in [0.1, 0.15) is 186 Å². The van der Waals surface area contributed by atoms with Gasteiger partial charge in [-0.25, -0.2) is 4.90 Å². The van der Waals surface area contributed by atoms with Crippen molar-refractivity contribution < 1.29 is 28.7 Å². The summed E-state index contributed by atoms with van der Waals surface area (Å²) >= 11 is 1.78. The van der Waals surface area contributed by atoms with E-state index in [9.17, 15) is 0 Å². The van der Waals surface area contributed by atoms with Gasteiger partial charge in [-0.3, -0.25) is 24.1 Å². The van der Waals surface area contributed by atoms with Crippen LogP contribution in [-0.2, 0) is 21.7 Å². The molecule has 0 aromatic heterocycles. The van der Waals surface area contributed by atoms with E-state index in [1.165, 1.54) is 19.6 Å². The maximum atomic E-state index is 15.9. The van der Waals surface area contributed by atoms with Gasteiger partial charge in [0.2, 0.25) is 0 Å². The Morgan fingerprint density at radius 3 is 1.22 bits per heavy atom. The lowest BCUT2D eigenvalue weighted by atomic mass is 9.80. The van der Waals surface area contributed by atoms with Crippen LogP contribution < -0.4 is 19.3 Å². The minimum atomic E-state index is -0.496. The first-order valence-corrected chi connectivity index (χ1v) is 34.1. The second kappa shape index (κ2) is 22.8. The van der Waals surface area contributed by atoms with Crippen LogP contribution in [0.5, 0.6) is 23.0 Å². The maximum Gasteiger partial charge on any atom is 0.266 e. The highest BCUT2D eigenvalue weighted by atomic mass is 32.2. The van der Waals surface area contributed by atoms with E-state index in [4.69, 9.17) is 9.47 Å². The van der Waals surface area contributed by atoms with Crippen molar-refractivity contribution in [3.05, 3.63) is 214 Å². The Morgan fingerprint density at radius 2 is 0.798 bits per heavy atom. The summed E-state index contributed by atoms with van der Waals surface area (Å²) in [5, 5.41) is 5.00. The number of carbonyl (C=O) groups is 4. The lowest BCUT2D eigenvalue weighted by Crippen LogP contribution is -2.43. The molecule has 3 aliphatic rings. The predicted molar refractivity (Wildman–Crippen MR) is 386 cm³/mol. The van der Waals surface area contributed by atoms with Crippen LogP contribution in [0.2, 0.25) is 0 Å². The molecular formula is C84H81N3O6S. The van der Waals surface area contributed by atoms with E-state index in [-0.39, 0.29) is 39.4 Å². The zero-order valence-corrected chi connectivity index (χ0v) is 57.3. The third kappa shape index (κ3) is 10.6. The molecule has 11 aromatic carbocycles. The highest BCUT2D eigenvalue weighted by Gasteiger charge is 2.41. The molecule has 0 saturated heterocycles. The summed E-state index contributed by atoms with van der Waals surface area (Å²) in [6, 6.07) is 57.2. The molecule has 4 amide bonds. The van der Waals surface area contributed by atoms with E-state index in [1.807, 2.05) is 60.7 Å². The average Bonchev–Trinajstić information content (AvgIpc) is 0.681. The number of hydrogen-bond acceptors (Lipinski definition) is 8. The van der Waals surface area contributed by atoms with Gasteiger partial charge in [-0.1, -0.05) is 201 Å². The van der Waals surface area contributed by atoms with Crippen LogP contribution in [0.4, 0.5) is 22.7 Å². The van der Waals surface area contributed by atoms with Crippen molar-refractivity contribution in [2.45, 2.75) is 154 Å². The standard InChI is InChI=1S/C84H81N3O6S/c1-15-17-22-48(16-2)47-85-77(88)61-37-35-59-74-68(93-58-43-53(83(9,10)11)40-54(44-58)84(12,13)14)46-64-72-62(38-36-60(76(72)74)73-67(45-63(78(85)89)71(61)75(59)73)92-57-41-51(81(3,4)5)39-52(42-57)82(6,7)8)79(90)87(80(64)91)56-33-29-50(30-34-56)49-27-31-55(32-28-49)86-65-23-18-20-25-69(65)94-70-26-21-19-24-66(70)86/h18-21,23-46,48H,15-17,22,47H2,1-14H3. The summed E-state index contributed by atoms with van der Waals surface area (Å²) in [5.74, 6) is 0.463. The topological polar surface area (TPSA) is 96.5 Å². The van der Waals surface area contributed by atoms with Crippen molar-refractivity contribution in [1.82, 2.24) is 4.90 Å². The lowest BCUT2D eigenvalue weighted by Gasteiger charge is -2.33. The molecule has 0 N–H and O–H groups in total. The molecule has 1 atom stereocenters. The van der Waals surface area contributed by atoms with Crippen LogP contribution in [0.3, 0.4) is 0 Å². The van der Waals surface area contributed by atoms with Gasteiger partial charge in [-0.2, -0.15) is 0 Å². The number of hydrogen-bond donors (Lipinski definition) is 0. The average molecular weight is 1260 g/mol. The minimum Gasteiger partial charge on any atom is -0.457 e. The fourth-order valence-electron chi connectivity index (χ4n) is 14.1. The number of fused-ring (bicyclic) bond motifs is 4. The molecule has 0 spiro atoms. The fourth-order valence-corrected chi connectivity index (χ4v) is 15.1. The number of ether oxygens (including phenoxy) is 2. The number of unbranched alkanes of at least 4 members (excludes halogenated alkanes) is 1. The highest BCUT2D eigenvalue weighted by Crippen LogP contribution is 2.55. The Kier molecular flexibility index (Phi) is 15.1. The maximum absolute atomic E-state index is 15.9. The predicted octanol–water partition coefficient (Wildman–Crippen LogP) is 22.7. The van der Waals surface area contributed by atoms with Crippen LogP contribution >= 0.6 is 11.8 Å². The minimum absolute atomic E-state index is 0.128. The zero-order chi connectivity index (χ0) is 66.2. The first kappa shape index (κ1) is 62.2. The van der Waals surface area contributed by atoms with Gasteiger partial charge in [-0.05, 0) is 175 Å². The molecule has 0 bridgehead atoms. The lowest BCUT2D eigenvalue weighted by molar-refractivity contribution is 0.0579. The van der Waals surface area contributed by atoms with Gasteiger partial charge < -0.3 is 14.4 Å². The Morgan fingerprint density at radius 1 is 0.404 bits per heavy atom. The van der Waals surface area contributed by atoms with E-state index in [2.05, 4.69) is 211 Å². The van der Waals surface area contributed by atoms with Crippen molar-refractivity contribution in [3.8, 4) is 34.1 Å². The molecule has 0 fully saturated rings. The van der Waals surface area contributed by atoms with Gasteiger partial charge in [0.25, 0.3) is 23.6 Å². The first-order chi connectivity index (χ1) is 44.7. The van der Waals surface area contributed by atoms with Gasteiger partial charge in [0.15, 0.2) is 0 Å². The van der Waals surface area contributed by atoms with Crippen molar-refractivity contribution in [2.24, 2.45) is 5.92 Å². The first-order valence-electron chi connectivity index (χ1n) is 33.3. The molecule has 14 rings (SSSR count). The molecule has 3 aliphatic heterocycles. The Labute approximate surface area is 556 Å². The van der Waals surface area contributed by atoms with E-state index < -0.39 is 11.8 Å². The number of imide groups is 2. The largest absolute Gasteiger partial charge is 0.457 e. The molecule has 474 valence electrons. The summed E-state index contributed by atoms with van der Waals surface area (Å²) < 4.78 is 14.8. The van der Waals surface area contributed by atoms with Crippen molar-refractivity contribution in [3.63, 3.8) is 0 Å². The van der Waals surface area contributed by atoms with Crippen molar-refractivity contribution in [1.29, 1.82) is 0 Å². The van der Waals surface area contributed by atoms with Crippen LogP contribution in [0, 0.1) is 5.92 Å². The normalized spacial score (nSPS) is 14.6. The molecule has 11 aromatic rings. The zero-order valence-electron chi connectivity index (χ0n) is 56.5. The number of para-hydroxylation sites is 2. The SMILES string of the molecule is CCCCC(CC)CN1C(=O)c2ccc3c4c(Oc5cc(C(C)(C)C)cc(C(C)(C)C)c5)cc5c6c(ccc(c7c(Oc8cc(C(C)(C)C)cc(C(C)(C)C)c8)cc(c2c37)C1=O)c64)C(=O)N(c1ccc(-c2ccc(N3c4ccccc4Sc4ccccc43)cc2)cc1)C5=O. The number of amides is 4. The van der Waals surface area contributed by atoms with Gasteiger partial charge in [0.05, 0.1) is 28.2 Å². The number of rotatable bonds is 13. The number of anilines is 4. The molecule has 0 radical (unpaired) electrons. The molecule has 0 aliphatic carbocycles. The smallest absolute Gasteiger partial charge is 0.266 e. The Hall–Kier alpha value is -9.25. The van der Waals surface area contributed by atoms with Crippen LogP contribution in [0.15, 0.2) is 180 Å². The summed E-state index contributed by atoms with van der Waals surface area (Å²) in [7, 11) is 0. The third-order valence-corrected chi connectivity index (χ3v) is 20.7. The molecule has 9 nitrogen and oxygen atoms in total. The van der Waals surface area contributed by atoms with E-state index in [1.54, 1.807) is 11.8 Å². The Bertz CT molecular complexity index is 4850. The molecular weight excluding hydrogens is 1180 g/mol. The van der Waals surface area contributed by atoms with Gasteiger partial charge >= 0.3 is 0 Å². The monoisotopic (exact) mass is 1260 g/mol. The van der Waals surface area contributed by atoms with Crippen LogP contribution in [0.25, 0.3) is 54.2 Å². The second-order valence-electron chi connectivity index (χ2n) is 30.2. The second-order valence-corrected chi connectivity index (χ2v) is 31.2. The number of nitrogens with zero attached hydrogens (tertiary/aromatic N) is 3. The highest BCUT2D eigenvalue weighted by molar-refractivity contribution is 7.99.